The van der Waals surface area contributed by atoms with Gasteiger partial charge in [0.2, 0.25) is 0 Å². The third kappa shape index (κ3) is 3.91. The van der Waals surface area contributed by atoms with E-state index in [1.54, 1.807) is 6.07 Å². The number of rotatable bonds is 2. The number of anilines is 1. The maximum atomic E-state index is 11.3. The minimum absolute atomic E-state index is 0.176. The highest BCUT2D eigenvalue weighted by molar-refractivity contribution is 6.28. The van der Waals surface area contributed by atoms with Crippen LogP contribution in [0.1, 0.15) is 12.5 Å². The molecule has 0 radical (unpaired) electrons. The lowest BCUT2D eigenvalue weighted by atomic mass is 10.2. The lowest BCUT2D eigenvalue weighted by Gasteiger charge is -2.13. The second-order valence-corrected chi connectivity index (χ2v) is 4.27. The molecule has 2 rings (SSSR count). The van der Waals surface area contributed by atoms with Gasteiger partial charge in [-0.1, -0.05) is 18.7 Å². The van der Waals surface area contributed by atoms with E-state index < -0.39 is 5.97 Å². The summed E-state index contributed by atoms with van der Waals surface area (Å²) in [5.41, 5.74) is 1.83. The molecule has 0 saturated heterocycles. The zero-order chi connectivity index (χ0) is 15.3. The summed E-state index contributed by atoms with van der Waals surface area (Å²) in [6, 6.07) is 7.30. The Morgan fingerprint density at radius 3 is 2.10 bits per heavy atom. The van der Waals surface area contributed by atoms with Gasteiger partial charge in [-0.25, -0.2) is 9.69 Å². The molecule has 5 heteroatoms. The number of hydrogen-bond acceptors (Lipinski definition) is 3. The van der Waals surface area contributed by atoms with Gasteiger partial charge in [-0.05, 0) is 31.5 Å². The molecule has 0 saturated carbocycles. The predicted molar refractivity (Wildman–Crippen MR) is 75.3 cm³/mol. The molecule has 1 aromatic rings. The van der Waals surface area contributed by atoms with Crippen LogP contribution in [-0.2, 0) is 14.4 Å². The van der Waals surface area contributed by atoms with Crippen LogP contribution in [0.25, 0.3) is 0 Å². The van der Waals surface area contributed by atoms with Crippen molar-refractivity contribution in [3.8, 4) is 0 Å². The monoisotopic (exact) mass is 273 g/mol. The Labute approximate surface area is 116 Å². The molecule has 0 atom stereocenters. The van der Waals surface area contributed by atoms with Crippen LogP contribution in [0, 0.1) is 6.92 Å². The molecule has 1 aromatic carbocycles. The van der Waals surface area contributed by atoms with Crippen molar-refractivity contribution in [1.82, 2.24) is 0 Å². The summed E-state index contributed by atoms with van der Waals surface area (Å²) in [6.45, 7) is 6.52. The zero-order valence-electron chi connectivity index (χ0n) is 11.3. The van der Waals surface area contributed by atoms with Gasteiger partial charge in [0.1, 0.15) is 0 Å². The number of benzene rings is 1. The van der Waals surface area contributed by atoms with Gasteiger partial charge in [0.25, 0.3) is 11.8 Å². The molecule has 0 bridgehead atoms. The third-order valence-corrected chi connectivity index (χ3v) is 2.43. The Hall–Kier alpha value is -2.69. The molecule has 104 valence electrons. The summed E-state index contributed by atoms with van der Waals surface area (Å²) < 4.78 is 0. The maximum absolute atomic E-state index is 11.3. The van der Waals surface area contributed by atoms with E-state index in [0.717, 1.165) is 10.5 Å². The molecule has 0 fully saturated rings. The van der Waals surface area contributed by atoms with E-state index in [1.807, 2.05) is 25.1 Å². The molecule has 2 amide bonds. The SMILES string of the molecule is C=C(C)C(=O)O.Cc1cccc(N2C(=O)C=CC2=O)c1. The summed E-state index contributed by atoms with van der Waals surface area (Å²) in [5, 5.41) is 7.89. The van der Waals surface area contributed by atoms with E-state index >= 15 is 0 Å². The first-order chi connectivity index (χ1) is 9.32. The number of carboxylic acid groups (broad SMARTS) is 1. The number of hydrogen-bond donors (Lipinski definition) is 1. The van der Waals surface area contributed by atoms with Crippen LogP contribution < -0.4 is 4.90 Å². The van der Waals surface area contributed by atoms with Gasteiger partial charge in [-0.15, -0.1) is 0 Å². The summed E-state index contributed by atoms with van der Waals surface area (Å²) in [5.74, 6) is -1.49. The fourth-order valence-corrected chi connectivity index (χ4v) is 1.42. The summed E-state index contributed by atoms with van der Waals surface area (Å²) in [7, 11) is 0. The molecule has 0 aliphatic carbocycles. The van der Waals surface area contributed by atoms with Crippen molar-refractivity contribution in [2.45, 2.75) is 13.8 Å². The number of amides is 2. The van der Waals surface area contributed by atoms with Crippen molar-refractivity contribution in [2.75, 3.05) is 4.90 Å². The van der Waals surface area contributed by atoms with E-state index in [9.17, 15) is 14.4 Å². The van der Waals surface area contributed by atoms with Crippen LogP contribution in [0.2, 0.25) is 0 Å². The molecule has 20 heavy (non-hydrogen) atoms. The van der Waals surface area contributed by atoms with Gasteiger partial charge < -0.3 is 5.11 Å². The van der Waals surface area contributed by atoms with Crippen LogP contribution >= 0.6 is 0 Å². The molecule has 0 aromatic heterocycles. The first-order valence-corrected chi connectivity index (χ1v) is 5.84. The highest BCUT2D eigenvalue weighted by atomic mass is 16.4. The second kappa shape index (κ2) is 6.47. The zero-order valence-corrected chi connectivity index (χ0v) is 11.3. The summed E-state index contributed by atoms with van der Waals surface area (Å²) in [4.78, 5) is 33.4. The van der Waals surface area contributed by atoms with Gasteiger partial charge in [-0.2, -0.15) is 0 Å². The number of imide groups is 1. The predicted octanol–water partition coefficient (Wildman–Crippen LogP) is 2.07. The van der Waals surface area contributed by atoms with Gasteiger partial charge in [-0.3, -0.25) is 9.59 Å². The van der Waals surface area contributed by atoms with Crippen molar-refractivity contribution < 1.29 is 19.5 Å². The summed E-state index contributed by atoms with van der Waals surface area (Å²) >= 11 is 0. The average molecular weight is 273 g/mol. The van der Waals surface area contributed by atoms with Crippen molar-refractivity contribution in [1.29, 1.82) is 0 Å². The molecule has 0 unspecified atom stereocenters. The van der Waals surface area contributed by atoms with Gasteiger partial charge >= 0.3 is 5.97 Å². The highest BCUT2D eigenvalue weighted by Crippen LogP contribution is 2.19. The average Bonchev–Trinajstić information content (AvgIpc) is 2.69. The van der Waals surface area contributed by atoms with Gasteiger partial charge in [0, 0.05) is 17.7 Å². The van der Waals surface area contributed by atoms with E-state index in [0.29, 0.717) is 5.69 Å². The van der Waals surface area contributed by atoms with E-state index in [4.69, 9.17) is 5.11 Å². The van der Waals surface area contributed by atoms with Crippen LogP contribution in [0.3, 0.4) is 0 Å². The third-order valence-electron chi connectivity index (χ3n) is 2.43. The Balaban J connectivity index is 0.000000286. The normalized spacial score (nSPS) is 13.0. The quantitative estimate of drug-likeness (QED) is 0.661. The molecule has 1 aliphatic rings. The minimum atomic E-state index is -0.935. The van der Waals surface area contributed by atoms with Crippen LogP contribution in [0.4, 0.5) is 5.69 Å². The lowest BCUT2D eigenvalue weighted by molar-refractivity contribution is -0.132. The number of carboxylic acids is 1. The number of aryl methyl sites for hydroxylation is 1. The van der Waals surface area contributed by atoms with Crippen molar-refractivity contribution >= 4 is 23.5 Å². The van der Waals surface area contributed by atoms with Crippen molar-refractivity contribution in [2.24, 2.45) is 0 Å². The number of carbonyl (C=O) groups is 3. The molecule has 1 heterocycles. The Morgan fingerprint density at radius 1 is 1.20 bits per heavy atom. The number of nitrogens with zero attached hydrogens (tertiary/aromatic N) is 1. The Kier molecular flexibility index (Phi) is 4.97. The molecular formula is C15H15NO4. The topological polar surface area (TPSA) is 74.7 Å². The van der Waals surface area contributed by atoms with Gasteiger partial charge in [0.15, 0.2) is 0 Å². The van der Waals surface area contributed by atoms with E-state index in [2.05, 4.69) is 6.58 Å². The fourth-order valence-electron chi connectivity index (χ4n) is 1.42. The second-order valence-electron chi connectivity index (χ2n) is 4.27. The largest absolute Gasteiger partial charge is 0.478 e. The van der Waals surface area contributed by atoms with E-state index in [-0.39, 0.29) is 17.4 Å². The first kappa shape index (κ1) is 15.4. The molecule has 1 N–H and O–H groups in total. The first-order valence-electron chi connectivity index (χ1n) is 5.84. The highest BCUT2D eigenvalue weighted by Gasteiger charge is 2.24. The lowest BCUT2D eigenvalue weighted by Crippen LogP contribution is -2.29. The molecular weight excluding hydrogens is 258 g/mol. The number of carbonyl (C=O) groups excluding carboxylic acids is 2. The smallest absolute Gasteiger partial charge is 0.330 e. The number of aliphatic carboxylic acids is 1. The van der Waals surface area contributed by atoms with E-state index in [1.165, 1.54) is 19.1 Å². The van der Waals surface area contributed by atoms with Crippen LogP contribution in [0.5, 0.6) is 0 Å². The van der Waals surface area contributed by atoms with Crippen molar-refractivity contribution in [3.63, 3.8) is 0 Å². The van der Waals surface area contributed by atoms with Crippen LogP contribution in [0.15, 0.2) is 48.6 Å². The van der Waals surface area contributed by atoms with Gasteiger partial charge in [0.05, 0.1) is 5.69 Å². The van der Waals surface area contributed by atoms with Crippen LogP contribution in [-0.4, -0.2) is 22.9 Å². The standard InChI is InChI=1S/C11H9NO2.C4H6O2/c1-8-3-2-4-9(7-8)12-10(13)5-6-11(12)14;1-3(2)4(5)6/h2-7H,1H3;1H2,2H3,(H,5,6). The summed E-state index contributed by atoms with van der Waals surface area (Å²) in [6.07, 6.45) is 2.56. The Morgan fingerprint density at radius 2 is 1.70 bits per heavy atom. The maximum Gasteiger partial charge on any atom is 0.330 e. The van der Waals surface area contributed by atoms with Crippen molar-refractivity contribution in [3.05, 3.63) is 54.1 Å². The molecule has 0 spiro atoms. The fraction of sp³-hybridized carbons (Fsp3) is 0.133. The minimum Gasteiger partial charge on any atom is -0.478 e. The Bertz CT molecular complexity index is 572. The molecule has 1 aliphatic heterocycles. The molecule has 5 nitrogen and oxygen atoms in total.